The molecule has 4 nitrogen and oxygen atoms in total. The molecule has 0 atom stereocenters. The average molecular weight is 289 g/mol. The molecule has 0 radical (unpaired) electrons. The van der Waals surface area contributed by atoms with Crippen molar-refractivity contribution in [3.8, 4) is 10.7 Å². The van der Waals surface area contributed by atoms with Crippen LogP contribution in [0.4, 0.5) is 5.69 Å². The lowest BCUT2D eigenvalue weighted by atomic mass is 10.3. The molecule has 0 unspecified atom stereocenters. The van der Waals surface area contributed by atoms with Gasteiger partial charge in [-0.25, -0.2) is 0 Å². The summed E-state index contributed by atoms with van der Waals surface area (Å²) < 4.78 is 5.23. The highest BCUT2D eigenvalue weighted by Gasteiger charge is 2.09. The van der Waals surface area contributed by atoms with Gasteiger partial charge < -0.3 is 10.3 Å². The molecule has 2 heterocycles. The van der Waals surface area contributed by atoms with Crippen LogP contribution in [0.1, 0.15) is 5.89 Å². The largest absolute Gasteiger partial charge is 0.399 e. The Kier molecular flexibility index (Phi) is 3.52. The summed E-state index contributed by atoms with van der Waals surface area (Å²) in [7, 11) is 0. The summed E-state index contributed by atoms with van der Waals surface area (Å²) in [6, 6.07) is 11.7. The van der Waals surface area contributed by atoms with Crippen LogP contribution in [-0.4, -0.2) is 10.1 Å². The lowest BCUT2D eigenvalue weighted by Gasteiger charge is -1.99. The first-order valence-corrected chi connectivity index (χ1v) is 7.52. The SMILES string of the molecule is Nc1cccc(SCc2nc(-c3cccs3)no2)c1. The predicted molar refractivity (Wildman–Crippen MR) is 78.0 cm³/mol. The van der Waals surface area contributed by atoms with Crippen molar-refractivity contribution in [3.05, 3.63) is 47.7 Å². The van der Waals surface area contributed by atoms with Gasteiger partial charge in [-0.15, -0.1) is 23.1 Å². The number of hydrogen-bond donors (Lipinski definition) is 1. The Morgan fingerprint density at radius 1 is 1.26 bits per heavy atom. The highest BCUT2D eigenvalue weighted by atomic mass is 32.2. The minimum absolute atomic E-state index is 0.621. The molecular formula is C13H11N3OS2. The monoisotopic (exact) mass is 289 g/mol. The Labute approximate surface area is 118 Å². The van der Waals surface area contributed by atoms with Crippen LogP contribution in [-0.2, 0) is 5.75 Å². The van der Waals surface area contributed by atoms with Crippen LogP contribution in [0, 0.1) is 0 Å². The Morgan fingerprint density at radius 3 is 3.00 bits per heavy atom. The molecule has 0 bridgehead atoms. The Bertz CT molecular complexity index is 664. The van der Waals surface area contributed by atoms with Gasteiger partial charge in [-0.3, -0.25) is 0 Å². The molecular weight excluding hydrogens is 278 g/mol. The molecule has 0 spiro atoms. The zero-order valence-corrected chi connectivity index (χ0v) is 11.6. The summed E-state index contributed by atoms with van der Waals surface area (Å²) >= 11 is 3.22. The van der Waals surface area contributed by atoms with Crippen LogP contribution < -0.4 is 5.73 Å². The van der Waals surface area contributed by atoms with E-state index in [9.17, 15) is 0 Å². The van der Waals surface area contributed by atoms with E-state index in [1.165, 1.54) is 0 Å². The second-order valence-corrected chi connectivity index (χ2v) is 5.85. The number of aromatic nitrogens is 2. The van der Waals surface area contributed by atoms with Crippen molar-refractivity contribution in [2.24, 2.45) is 0 Å². The molecule has 3 aromatic rings. The predicted octanol–water partition coefficient (Wildman–Crippen LogP) is 3.67. The standard InChI is InChI=1S/C13H11N3OS2/c14-9-3-1-4-10(7-9)19-8-12-15-13(16-17-12)11-5-2-6-18-11/h1-7H,8,14H2. The summed E-state index contributed by atoms with van der Waals surface area (Å²) in [6.07, 6.45) is 0. The number of benzene rings is 1. The molecule has 0 saturated carbocycles. The highest BCUT2D eigenvalue weighted by molar-refractivity contribution is 7.98. The number of anilines is 1. The van der Waals surface area contributed by atoms with Crippen LogP contribution in [0.2, 0.25) is 0 Å². The van der Waals surface area contributed by atoms with Crippen LogP contribution in [0.15, 0.2) is 51.2 Å². The van der Waals surface area contributed by atoms with Gasteiger partial charge in [0.25, 0.3) is 0 Å². The Balaban J connectivity index is 1.68. The third kappa shape index (κ3) is 2.97. The topological polar surface area (TPSA) is 64.9 Å². The molecule has 6 heteroatoms. The van der Waals surface area contributed by atoms with Crippen molar-refractivity contribution in [2.45, 2.75) is 10.6 Å². The van der Waals surface area contributed by atoms with E-state index in [4.69, 9.17) is 10.3 Å². The summed E-state index contributed by atoms with van der Waals surface area (Å²) in [5.41, 5.74) is 6.49. The van der Waals surface area contributed by atoms with Crippen LogP contribution in [0.25, 0.3) is 10.7 Å². The fourth-order valence-corrected chi connectivity index (χ4v) is 3.02. The van der Waals surface area contributed by atoms with Gasteiger partial charge >= 0.3 is 0 Å². The molecule has 96 valence electrons. The normalized spacial score (nSPS) is 10.7. The second-order valence-electron chi connectivity index (χ2n) is 3.85. The molecule has 1 aromatic carbocycles. The van der Waals surface area contributed by atoms with Gasteiger partial charge in [0.15, 0.2) is 0 Å². The van der Waals surface area contributed by atoms with Crippen LogP contribution in [0.3, 0.4) is 0 Å². The zero-order chi connectivity index (χ0) is 13.1. The van der Waals surface area contributed by atoms with E-state index < -0.39 is 0 Å². The van der Waals surface area contributed by atoms with E-state index in [-0.39, 0.29) is 0 Å². The molecule has 0 fully saturated rings. The average Bonchev–Trinajstić information content (AvgIpc) is 3.07. The first-order chi connectivity index (χ1) is 9.31. The summed E-state index contributed by atoms with van der Waals surface area (Å²) in [5.74, 6) is 1.91. The van der Waals surface area contributed by atoms with Crippen molar-refractivity contribution in [1.82, 2.24) is 10.1 Å². The second kappa shape index (κ2) is 5.46. The molecule has 0 aliphatic heterocycles. The van der Waals surface area contributed by atoms with E-state index in [1.807, 2.05) is 41.8 Å². The van der Waals surface area contributed by atoms with Gasteiger partial charge in [0, 0.05) is 10.6 Å². The number of nitrogens with zero attached hydrogens (tertiary/aromatic N) is 2. The Morgan fingerprint density at radius 2 is 2.21 bits per heavy atom. The van der Waals surface area contributed by atoms with Gasteiger partial charge in [-0.1, -0.05) is 17.3 Å². The number of hydrogen-bond acceptors (Lipinski definition) is 6. The maximum atomic E-state index is 5.73. The number of nitrogens with two attached hydrogens (primary N) is 1. The third-order valence-electron chi connectivity index (χ3n) is 2.43. The molecule has 2 aromatic heterocycles. The molecule has 0 aliphatic rings. The van der Waals surface area contributed by atoms with E-state index >= 15 is 0 Å². The smallest absolute Gasteiger partial charge is 0.237 e. The highest BCUT2D eigenvalue weighted by Crippen LogP contribution is 2.26. The fourth-order valence-electron chi connectivity index (χ4n) is 1.57. The number of thiophene rings is 1. The van der Waals surface area contributed by atoms with Crippen LogP contribution >= 0.6 is 23.1 Å². The minimum atomic E-state index is 0.621. The summed E-state index contributed by atoms with van der Waals surface area (Å²) in [4.78, 5) is 6.48. The van der Waals surface area contributed by atoms with Gasteiger partial charge in [0.05, 0.1) is 10.6 Å². The quantitative estimate of drug-likeness (QED) is 0.586. The number of thioether (sulfide) groups is 1. The molecule has 3 rings (SSSR count). The van der Waals surface area contributed by atoms with E-state index in [0.717, 1.165) is 15.5 Å². The lowest BCUT2D eigenvalue weighted by Crippen LogP contribution is -1.85. The van der Waals surface area contributed by atoms with Crippen molar-refractivity contribution >= 4 is 28.8 Å². The zero-order valence-electron chi connectivity index (χ0n) is 9.95. The van der Waals surface area contributed by atoms with Gasteiger partial charge in [-0.05, 0) is 29.6 Å². The summed E-state index contributed by atoms with van der Waals surface area (Å²) in [6.45, 7) is 0. The minimum Gasteiger partial charge on any atom is -0.399 e. The number of rotatable bonds is 4. The fraction of sp³-hybridized carbons (Fsp3) is 0.0769. The maximum absolute atomic E-state index is 5.73. The van der Waals surface area contributed by atoms with E-state index in [2.05, 4.69) is 10.1 Å². The van der Waals surface area contributed by atoms with E-state index in [0.29, 0.717) is 17.5 Å². The molecule has 19 heavy (non-hydrogen) atoms. The first kappa shape index (κ1) is 12.3. The van der Waals surface area contributed by atoms with Gasteiger partial charge in [0.2, 0.25) is 11.7 Å². The molecule has 0 saturated heterocycles. The maximum Gasteiger partial charge on any atom is 0.237 e. The third-order valence-corrected chi connectivity index (χ3v) is 4.27. The van der Waals surface area contributed by atoms with Gasteiger partial charge in [-0.2, -0.15) is 4.98 Å². The van der Waals surface area contributed by atoms with Crippen molar-refractivity contribution in [1.29, 1.82) is 0 Å². The first-order valence-electron chi connectivity index (χ1n) is 5.66. The van der Waals surface area contributed by atoms with Crippen molar-refractivity contribution in [3.63, 3.8) is 0 Å². The molecule has 0 amide bonds. The molecule has 2 N–H and O–H groups in total. The lowest BCUT2D eigenvalue weighted by molar-refractivity contribution is 0.392. The van der Waals surface area contributed by atoms with Crippen LogP contribution in [0.5, 0.6) is 0 Å². The molecule has 0 aliphatic carbocycles. The van der Waals surface area contributed by atoms with Crippen molar-refractivity contribution in [2.75, 3.05) is 5.73 Å². The van der Waals surface area contributed by atoms with E-state index in [1.54, 1.807) is 23.1 Å². The number of nitrogen functional groups attached to an aromatic ring is 1. The summed E-state index contributed by atoms with van der Waals surface area (Å²) in [5, 5.41) is 5.97. The van der Waals surface area contributed by atoms with Gasteiger partial charge in [0.1, 0.15) is 0 Å². The Hall–Kier alpha value is -1.79. The van der Waals surface area contributed by atoms with Crippen molar-refractivity contribution < 1.29 is 4.52 Å².